The van der Waals surface area contributed by atoms with Crippen LogP contribution < -0.4 is 5.32 Å². The quantitative estimate of drug-likeness (QED) is 0.392. The summed E-state index contributed by atoms with van der Waals surface area (Å²) in [6.45, 7) is 1.89. The third-order valence-electron chi connectivity index (χ3n) is 5.98. The minimum atomic E-state index is -0.766. The number of aliphatic hydroxyl groups excluding tert-OH is 1. The summed E-state index contributed by atoms with van der Waals surface area (Å²) in [6, 6.07) is 3.16. The number of fused-ring (bicyclic) bond motifs is 1. The lowest BCUT2D eigenvalue weighted by atomic mass is 9.67. The molecule has 0 bridgehead atoms. The summed E-state index contributed by atoms with van der Waals surface area (Å²) in [7, 11) is 1.95. The first-order chi connectivity index (χ1) is 14.8. The molecule has 2 aliphatic heterocycles. The molecule has 0 spiro atoms. The number of carboxylic acid groups (broad SMARTS) is 1. The predicted molar refractivity (Wildman–Crippen MR) is 110 cm³/mol. The molecular formula is C21H30FN3O6. The van der Waals surface area contributed by atoms with E-state index in [1.807, 2.05) is 7.05 Å². The summed E-state index contributed by atoms with van der Waals surface area (Å²) in [6.07, 6.45) is 2.45. The third-order valence-corrected chi connectivity index (χ3v) is 5.98. The Balaban J connectivity index is 0.00000107. The highest BCUT2D eigenvalue weighted by molar-refractivity contribution is 5.96. The summed E-state index contributed by atoms with van der Waals surface area (Å²) < 4.78 is 14.3. The summed E-state index contributed by atoms with van der Waals surface area (Å²) in [5.41, 5.74) is -0.800. The van der Waals surface area contributed by atoms with Gasteiger partial charge in [-0.1, -0.05) is 0 Å². The molecule has 2 heterocycles. The molecule has 2 fully saturated rings. The summed E-state index contributed by atoms with van der Waals surface area (Å²) in [4.78, 5) is 38.3. The average Bonchev–Trinajstić information content (AvgIpc) is 2.73. The van der Waals surface area contributed by atoms with Crippen molar-refractivity contribution in [2.24, 2.45) is 5.41 Å². The molecule has 3 rings (SSSR count). The number of benzene rings is 1. The molecule has 9 nitrogen and oxygen atoms in total. The molecule has 0 aromatic heterocycles. The zero-order valence-electron chi connectivity index (χ0n) is 17.6. The van der Waals surface area contributed by atoms with Crippen LogP contribution in [0, 0.1) is 11.2 Å². The topological polar surface area (TPSA) is 130 Å². The SMILES string of the molecule is CN1CC[C@]2(C(=O)NCCCO)CCCN(C(=O)c3ccc(O)cc3F)[C@H]2C1.O=CO. The Labute approximate surface area is 180 Å². The number of nitrogens with zero attached hydrogens (tertiary/aromatic N) is 2. The van der Waals surface area contributed by atoms with Crippen LogP contribution in [0.5, 0.6) is 5.75 Å². The van der Waals surface area contributed by atoms with Gasteiger partial charge in [0.15, 0.2) is 0 Å². The Kier molecular flexibility index (Phi) is 8.76. The maximum atomic E-state index is 14.3. The fraction of sp³-hybridized carbons (Fsp3) is 0.571. The maximum Gasteiger partial charge on any atom is 0.290 e. The van der Waals surface area contributed by atoms with E-state index in [4.69, 9.17) is 15.0 Å². The van der Waals surface area contributed by atoms with E-state index in [9.17, 15) is 19.1 Å². The number of phenolic OH excluding ortho intramolecular Hbond substituents is 1. The average molecular weight is 439 g/mol. The van der Waals surface area contributed by atoms with Crippen molar-refractivity contribution in [3.63, 3.8) is 0 Å². The van der Waals surface area contributed by atoms with E-state index >= 15 is 0 Å². The summed E-state index contributed by atoms with van der Waals surface area (Å²) in [5.74, 6) is -1.55. The monoisotopic (exact) mass is 439 g/mol. The molecule has 10 heteroatoms. The molecule has 172 valence electrons. The number of phenols is 1. The smallest absolute Gasteiger partial charge is 0.290 e. The normalized spacial score (nSPS) is 23.2. The number of carbonyl (C=O) groups is 3. The van der Waals surface area contributed by atoms with Crippen LogP contribution in [0.3, 0.4) is 0 Å². The Bertz CT molecular complexity index is 792. The van der Waals surface area contributed by atoms with E-state index in [1.54, 1.807) is 4.90 Å². The van der Waals surface area contributed by atoms with Crippen molar-refractivity contribution in [3.8, 4) is 5.75 Å². The number of amides is 2. The van der Waals surface area contributed by atoms with E-state index < -0.39 is 17.1 Å². The second-order valence-electron chi connectivity index (χ2n) is 7.89. The van der Waals surface area contributed by atoms with Crippen LogP contribution in [-0.2, 0) is 9.59 Å². The number of rotatable bonds is 5. The molecule has 2 atom stereocenters. The molecule has 31 heavy (non-hydrogen) atoms. The van der Waals surface area contributed by atoms with Crippen LogP contribution in [0.25, 0.3) is 0 Å². The molecule has 1 aromatic carbocycles. The standard InChI is InChI=1S/C20H28FN3O4.CH2O2/c1-23-10-7-20(19(28)22-8-3-11-25)6-2-9-24(17(20)13-23)18(27)15-5-4-14(26)12-16(15)21;2-1-3/h4-5,12,17,25-26H,2-3,6-11,13H2,1H3,(H,22,28);1H,(H,2,3)/t17-,20+;/m0./s1. The summed E-state index contributed by atoms with van der Waals surface area (Å²) >= 11 is 0. The van der Waals surface area contributed by atoms with Crippen LogP contribution in [0.1, 0.15) is 36.0 Å². The Morgan fingerprint density at radius 1 is 1.32 bits per heavy atom. The van der Waals surface area contributed by atoms with Crippen molar-refractivity contribution in [1.29, 1.82) is 0 Å². The highest BCUT2D eigenvalue weighted by atomic mass is 19.1. The van der Waals surface area contributed by atoms with Gasteiger partial charge < -0.3 is 30.4 Å². The number of likely N-dealkylation sites (N-methyl/N-ethyl adjacent to an activating group) is 1. The van der Waals surface area contributed by atoms with Crippen LogP contribution in [0.15, 0.2) is 18.2 Å². The van der Waals surface area contributed by atoms with Gasteiger partial charge in [-0.15, -0.1) is 0 Å². The third kappa shape index (κ3) is 5.50. The van der Waals surface area contributed by atoms with Gasteiger partial charge in [0, 0.05) is 32.3 Å². The fourth-order valence-corrected chi connectivity index (χ4v) is 4.44. The molecule has 1 aromatic rings. The number of piperidine rings is 2. The van der Waals surface area contributed by atoms with Gasteiger partial charge in [-0.25, -0.2) is 4.39 Å². The van der Waals surface area contributed by atoms with Crippen molar-refractivity contribution in [3.05, 3.63) is 29.6 Å². The first-order valence-corrected chi connectivity index (χ1v) is 10.3. The molecule has 4 N–H and O–H groups in total. The molecule has 0 unspecified atom stereocenters. The van der Waals surface area contributed by atoms with Gasteiger partial charge in [0.2, 0.25) is 5.91 Å². The Hall–Kier alpha value is -2.72. The largest absolute Gasteiger partial charge is 0.508 e. The number of hydrogen-bond donors (Lipinski definition) is 4. The number of carbonyl (C=O) groups excluding carboxylic acids is 2. The van der Waals surface area contributed by atoms with E-state index in [-0.39, 0.29) is 36.3 Å². The number of likely N-dealkylation sites (tertiary alicyclic amines) is 2. The second kappa shape index (κ2) is 11.1. The molecule has 2 saturated heterocycles. The molecular weight excluding hydrogens is 409 g/mol. The van der Waals surface area contributed by atoms with E-state index in [2.05, 4.69) is 10.2 Å². The van der Waals surface area contributed by atoms with Crippen molar-refractivity contribution in [2.45, 2.75) is 31.7 Å². The highest BCUT2D eigenvalue weighted by Crippen LogP contribution is 2.43. The van der Waals surface area contributed by atoms with Crippen LogP contribution >= 0.6 is 0 Å². The summed E-state index contributed by atoms with van der Waals surface area (Å²) in [5, 5.41) is 28.2. The second-order valence-corrected chi connectivity index (χ2v) is 7.89. The van der Waals surface area contributed by atoms with Crippen molar-refractivity contribution < 1.29 is 34.1 Å². The van der Waals surface area contributed by atoms with Gasteiger partial charge >= 0.3 is 0 Å². The van der Waals surface area contributed by atoms with Gasteiger partial charge in [0.1, 0.15) is 11.6 Å². The van der Waals surface area contributed by atoms with Crippen LogP contribution in [0.2, 0.25) is 0 Å². The first kappa shape index (κ1) is 24.5. The molecule has 0 radical (unpaired) electrons. The van der Waals surface area contributed by atoms with Crippen LogP contribution in [0.4, 0.5) is 4.39 Å². The van der Waals surface area contributed by atoms with E-state index in [0.717, 1.165) is 12.6 Å². The van der Waals surface area contributed by atoms with Gasteiger partial charge in [0.05, 0.1) is 17.0 Å². The molecule has 0 saturated carbocycles. The van der Waals surface area contributed by atoms with Crippen molar-refractivity contribution in [2.75, 3.05) is 39.8 Å². The minimum absolute atomic E-state index is 0.00415. The van der Waals surface area contributed by atoms with Crippen molar-refractivity contribution in [1.82, 2.24) is 15.1 Å². The van der Waals surface area contributed by atoms with E-state index in [0.29, 0.717) is 45.3 Å². The Morgan fingerprint density at radius 2 is 2.03 bits per heavy atom. The fourth-order valence-electron chi connectivity index (χ4n) is 4.44. The number of aliphatic hydroxyl groups is 1. The maximum absolute atomic E-state index is 14.3. The molecule has 2 aliphatic rings. The lowest BCUT2D eigenvalue weighted by Crippen LogP contribution is -2.66. The van der Waals surface area contributed by atoms with E-state index in [1.165, 1.54) is 12.1 Å². The van der Waals surface area contributed by atoms with Gasteiger partial charge in [-0.2, -0.15) is 0 Å². The number of hydrogen-bond acceptors (Lipinski definition) is 6. The Morgan fingerprint density at radius 3 is 2.68 bits per heavy atom. The number of halogens is 1. The van der Waals surface area contributed by atoms with Gasteiger partial charge in [-0.05, 0) is 51.4 Å². The zero-order chi connectivity index (χ0) is 23.0. The predicted octanol–water partition coefficient (Wildman–Crippen LogP) is 0.657. The zero-order valence-corrected chi connectivity index (χ0v) is 17.6. The first-order valence-electron chi connectivity index (χ1n) is 10.3. The van der Waals surface area contributed by atoms with Gasteiger partial charge in [0.25, 0.3) is 12.4 Å². The number of nitrogens with one attached hydrogen (secondary N) is 1. The van der Waals surface area contributed by atoms with Gasteiger partial charge in [-0.3, -0.25) is 14.4 Å². The van der Waals surface area contributed by atoms with Crippen molar-refractivity contribution >= 4 is 18.3 Å². The lowest BCUT2D eigenvalue weighted by Gasteiger charge is -2.53. The molecule has 2 amide bonds. The highest BCUT2D eigenvalue weighted by Gasteiger charge is 2.53. The lowest BCUT2D eigenvalue weighted by molar-refractivity contribution is -0.142. The van der Waals surface area contributed by atoms with Crippen LogP contribution in [-0.4, -0.2) is 89.3 Å². The minimum Gasteiger partial charge on any atom is -0.508 e. The molecule has 0 aliphatic carbocycles. The number of aromatic hydroxyl groups is 1.